The largest absolute Gasteiger partial charge is 0.461 e. The van der Waals surface area contributed by atoms with E-state index in [1.54, 1.807) is 6.92 Å². The molecule has 1 aliphatic carbocycles. The first-order valence-corrected chi connectivity index (χ1v) is 6.71. The number of hydrogen-bond donors (Lipinski definition) is 1. The Morgan fingerprint density at radius 3 is 2.76 bits per heavy atom. The Labute approximate surface area is 119 Å². The molecule has 0 atom stereocenters. The van der Waals surface area contributed by atoms with E-state index in [0.717, 1.165) is 17.5 Å². The second kappa shape index (κ2) is 6.59. The van der Waals surface area contributed by atoms with Gasteiger partial charge in [-0.25, -0.2) is 18.3 Å². The average Bonchev–Trinajstić information content (AvgIpc) is 3.12. The monoisotopic (exact) mass is 302 g/mol. The molecule has 1 heterocycles. The lowest BCUT2D eigenvalue weighted by Crippen LogP contribution is -2.26. The molecule has 0 saturated heterocycles. The first-order chi connectivity index (χ1) is 10.0. The number of carbonyl (C=O) groups is 2. The molecule has 1 N–H and O–H groups in total. The van der Waals surface area contributed by atoms with Crippen molar-refractivity contribution in [3.8, 4) is 0 Å². The second-order valence-electron chi connectivity index (χ2n) is 4.66. The SMILES string of the molecule is CCOC(=O)c1nnn(CCC(=O)NC2CC2)c1C(F)F. The molecule has 1 amide bonds. The molecule has 9 heteroatoms. The van der Waals surface area contributed by atoms with Gasteiger partial charge >= 0.3 is 5.97 Å². The highest BCUT2D eigenvalue weighted by Crippen LogP contribution is 2.22. The number of alkyl halides is 2. The van der Waals surface area contributed by atoms with Crippen molar-refractivity contribution in [2.75, 3.05) is 6.61 Å². The molecule has 116 valence electrons. The topological polar surface area (TPSA) is 86.1 Å². The summed E-state index contributed by atoms with van der Waals surface area (Å²) in [5.41, 5.74) is -1.12. The van der Waals surface area contributed by atoms with Gasteiger partial charge in [0.05, 0.1) is 13.2 Å². The van der Waals surface area contributed by atoms with Gasteiger partial charge in [-0.2, -0.15) is 0 Å². The molecule has 1 saturated carbocycles. The van der Waals surface area contributed by atoms with Gasteiger partial charge in [-0.05, 0) is 19.8 Å². The van der Waals surface area contributed by atoms with Crippen molar-refractivity contribution < 1.29 is 23.1 Å². The Kier molecular flexibility index (Phi) is 4.81. The normalized spacial score (nSPS) is 14.3. The Morgan fingerprint density at radius 1 is 1.48 bits per heavy atom. The Bertz CT molecular complexity index is 529. The van der Waals surface area contributed by atoms with Gasteiger partial charge in [0.2, 0.25) is 5.91 Å². The molecule has 7 nitrogen and oxygen atoms in total. The van der Waals surface area contributed by atoms with Crippen LogP contribution in [-0.4, -0.2) is 39.5 Å². The van der Waals surface area contributed by atoms with E-state index >= 15 is 0 Å². The lowest BCUT2D eigenvalue weighted by molar-refractivity contribution is -0.121. The number of ether oxygens (including phenoxy) is 1. The fourth-order valence-corrected chi connectivity index (χ4v) is 1.78. The first-order valence-electron chi connectivity index (χ1n) is 6.71. The van der Waals surface area contributed by atoms with E-state index in [1.165, 1.54) is 0 Å². The van der Waals surface area contributed by atoms with Crippen molar-refractivity contribution >= 4 is 11.9 Å². The molecular weight excluding hydrogens is 286 g/mol. The van der Waals surface area contributed by atoms with Gasteiger partial charge in [-0.3, -0.25) is 4.79 Å². The maximum atomic E-state index is 13.1. The fraction of sp³-hybridized carbons (Fsp3) is 0.667. The predicted octanol–water partition coefficient (Wildman–Crippen LogP) is 1.06. The molecule has 1 fully saturated rings. The summed E-state index contributed by atoms with van der Waals surface area (Å²) in [5.74, 6) is -1.17. The third-order valence-corrected chi connectivity index (χ3v) is 2.94. The Balaban J connectivity index is 2.04. The minimum Gasteiger partial charge on any atom is -0.461 e. The summed E-state index contributed by atoms with van der Waals surface area (Å²) in [7, 11) is 0. The van der Waals surface area contributed by atoms with Crippen molar-refractivity contribution in [1.29, 1.82) is 0 Å². The summed E-state index contributed by atoms with van der Waals surface area (Å²) in [4.78, 5) is 23.1. The minimum absolute atomic E-state index is 0.00183. The molecule has 2 rings (SSSR count). The zero-order valence-electron chi connectivity index (χ0n) is 11.5. The smallest absolute Gasteiger partial charge is 0.361 e. The number of halogens is 2. The number of esters is 1. The van der Waals surface area contributed by atoms with Gasteiger partial charge in [-0.15, -0.1) is 5.10 Å². The summed E-state index contributed by atoms with van der Waals surface area (Å²) >= 11 is 0. The fourth-order valence-electron chi connectivity index (χ4n) is 1.78. The van der Waals surface area contributed by atoms with Gasteiger partial charge in [-0.1, -0.05) is 5.21 Å². The van der Waals surface area contributed by atoms with Gasteiger partial charge in [0, 0.05) is 12.5 Å². The third kappa shape index (κ3) is 3.96. The Morgan fingerprint density at radius 2 is 2.19 bits per heavy atom. The quantitative estimate of drug-likeness (QED) is 0.761. The highest BCUT2D eigenvalue weighted by molar-refractivity contribution is 5.88. The van der Waals surface area contributed by atoms with E-state index in [0.29, 0.717) is 0 Å². The molecule has 0 bridgehead atoms. The van der Waals surface area contributed by atoms with Crippen LogP contribution in [0.2, 0.25) is 0 Å². The average molecular weight is 302 g/mol. The summed E-state index contributed by atoms with van der Waals surface area (Å²) in [6, 6.07) is 0.206. The Hall–Kier alpha value is -2.06. The molecule has 0 aliphatic heterocycles. The van der Waals surface area contributed by atoms with E-state index in [9.17, 15) is 18.4 Å². The highest BCUT2D eigenvalue weighted by Gasteiger charge is 2.28. The highest BCUT2D eigenvalue weighted by atomic mass is 19.3. The van der Waals surface area contributed by atoms with E-state index in [1.807, 2.05) is 0 Å². The van der Waals surface area contributed by atoms with Crippen LogP contribution in [0.1, 0.15) is 48.8 Å². The van der Waals surface area contributed by atoms with Crippen LogP contribution in [-0.2, 0) is 16.1 Å². The summed E-state index contributed by atoms with van der Waals surface area (Å²) < 4.78 is 31.6. The lowest BCUT2D eigenvalue weighted by atomic mass is 10.3. The number of aryl methyl sites for hydroxylation is 1. The number of rotatable bonds is 7. The van der Waals surface area contributed by atoms with Gasteiger partial charge < -0.3 is 10.1 Å². The van der Waals surface area contributed by atoms with Gasteiger partial charge in [0.15, 0.2) is 5.69 Å². The van der Waals surface area contributed by atoms with Gasteiger partial charge in [0.1, 0.15) is 5.69 Å². The van der Waals surface area contributed by atoms with Crippen LogP contribution in [0.3, 0.4) is 0 Å². The minimum atomic E-state index is -2.93. The van der Waals surface area contributed by atoms with Crippen molar-refractivity contribution in [3.05, 3.63) is 11.4 Å². The molecule has 21 heavy (non-hydrogen) atoms. The number of aromatic nitrogens is 3. The maximum absolute atomic E-state index is 13.1. The summed E-state index contributed by atoms with van der Waals surface area (Å²) in [6.45, 7) is 1.55. The summed E-state index contributed by atoms with van der Waals surface area (Å²) in [5, 5.41) is 9.69. The molecule has 0 unspecified atom stereocenters. The molecule has 0 aromatic carbocycles. The van der Waals surface area contributed by atoms with E-state index < -0.39 is 23.8 Å². The van der Waals surface area contributed by atoms with Crippen LogP contribution >= 0.6 is 0 Å². The van der Waals surface area contributed by atoms with Crippen molar-refractivity contribution in [3.63, 3.8) is 0 Å². The van der Waals surface area contributed by atoms with Crippen molar-refractivity contribution in [1.82, 2.24) is 20.3 Å². The summed E-state index contributed by atoms with van der Waals surface area (Å²) in [6.07, 6.45) is -1.03. The van der Waals surface area contributed by atoms with Crippen molar-refractivity contribution in [2.24, 2.45) is 0 Å². The lowest BCUT2D eigenvalue weighted by Gasteiger charge is -2.07. The molecule has 1 aromatic heterocycles. The van der Waals surface area contributed by atoms with Crippen LogP contribution in [0.5, 0.6) is 0 Å². The second-order valence-corrected chi connectivity index (χ2v) is 4.66. The van der Waals surface area contributed by atoms with Crippen LogP contribution in [0, 0.1) is 0 Å². The molecular formula is C12H16F2N4O3. The number of nitrogens with one attached hydrogen (secondary N) is 1. The number of nitrogens with zero attached hydrogens (tertiary/aromatic N) is 3. The van der Waals surface area contributed by atoms with Crippen LogP contribution in [0.4, 0.5) is 8.78 Å². The van der Waals surface area contributed by atoms with Crippen LogP contribution in [0.25, 0.3) is 0 Å². The number of carbonyl (C=O) groups excluding carboxylic acids is 2. The van der Waals surface area contributed by atoms with Gasteiger partial charge in [0.25, 0.3) is 6.43 Å². The van der Waals surface area contributed by atoms with Crippen LogP contribution < -0.4 is 5.32 Å². The zero-order valence-corrected chi connectivity index (χ0v) is 11.5. The first kappa shape index (κ1) is 15.3. The zero-order chi connectivity index (χ0) is 15.4. The van der Waals surface area contributed by atoms with E-state index in [4.69, 9.17) is 0 Å². The molecule has 1 aromatic rings. The number of amides is 1. The number of hydrogen-bond acceptors (Lipinski definition) is 5. The predicted molar refractivity (Wildman–Crippen MR) is 66.7 cm³/mol. The van der Waals surface area contributed by atoms with Crippen LogP contribution in [0.15, 0.2) is 0 Å². The molecule has 1 aliphatic rings. The maximum Gasteiger partial charge on any atom is 0.361 e. The van der Waals surface area contributed by atoms with E-state index in [-0.39, 0.29) is 31.5 Å². The van der Waals surface area contributed by atoms with Crippen molar-refractivity contribution in [2.45, 2.75) is 45.2 Å². The molecule has 0 radical (unpaired) electrons. The van der Waals surface area contributed by atoms with E-state index in [2.05, 4.69) is 20.4 Å². The molecule has 0 spiro atoms. The standard InChI is InChI=1S/C12H16F2N4O3/c1-2-21-12(20)9-10(11(13)14)18(17-16-9)6-5-8(19)15-7-3-4-7/h7,11H,2-6H2,1H3,(H,15,19). The third-order valence-electron chi connectivity index (χ3n) is 2.94.